The number of nitrogens with zero attached hydrogens (tertiary/aromatic N) is 2. The standard InChI is InChI=1S/C23H29N3O2/c1-3-14(2)23(28)26-22-20(15-7-5-4-6-8-15)25-21-18-11-10-17(27)13-16(18)9-12-19(21)24-22/h10-11,13-15,27H,3-9,12H2,1-2H3,(H,24,26,28). The quantitative estimate of drug-likeness (QED) is 0.785. The van der Waals surface area contributed by atoms with Gasteiger partial charge >= 0.3 is 0 Å². The number of amides is 1. The molecule has 2 aromatic rings. The van der Waals surface area contributed by atoms with Gasteiger partial charge in [-0.3, -0.25) is 4.79 Å². The van der Waals surface area contributed by atoms with Crippen molar-refractivity contribution in [3.05, 3.63) is 35.2 Å². The molecule has 0 radical (unpaired) electrons. The van der Waals surface area contributed by atoms with Crippen molar-refractivity contribution in [3.63, 3.8) is 0 Å². The van der Waals surface area contributed by atoms with Crippen molar-refractivity contribution in [2.75, 3.05) is 5.32 Å². The zero-order chi connectivity index (χ0) is 19.7. The molecule has 1 aromatic carbocycles. The van der Waals surface area contributed by atoms with Gasteiger partial charge in [0.05, 0.1) is 17.1 Å². The fourth-order valence-electron chi connectivity index (χ4n) is 4.32. The highest BCUT2D eigenvalue weighted by molar-refractivity contribution is 5.92. The van der Waals surface area contributed by atoms with Crippen molar-refractivity contribution < 1.29 is 9.90 Å². The second-order valence-corrected chi connectivity index (χ2v) is 8.23. The Morgan fingerprint density at radius 2 is 2.00 bits per heavy atom. The minimum Gasteiger partial charge on any atom is -0.508 e. The first-order valence-corrected chi connectivity index (χ1v) is 10.6. The van der Waals surface area contributed by atoms with Gasteiger partial charge in [0.2, 0.25) is 5.91 Å². The Balaban J connectivity index is 1.78. The SMILES string of the molecule is CCC(C)C(=O)Nc1nc2c(nc1C1CCCCC1)-c1ccc(O)cc1CC2. The van der Waals surface area contributed by atoms with E-state index in [1.54, 1.807) is 6.07 Å². The van der Waals surface area contributed by atoms with Crippen LogP contribution in [-0.2, 0) is 17.6 Å². The number of nitrogens with one attached hydrogen (secondary N) is 1. The minimum absolute atomic E-state index is 0.0231. The van der Waals surface area contributed by atoms with Gasteiger partial charge in [-0.2, -0.15) is 0 Å². The molecular formula is C23H29N3O2. The highest BCUT2D eigenvalue weighted by Gasteiger charge is 2.27. The third-order valence-electron chi connectivity index (χ3n) is 6.26. The Kier molecular flexibility index (Phi) is 5.33. The molecule has 0 aliphatic heterocycles. The topological polar surface area (TPSA) is 75.1 Å². The largest absolute Gasteiger partial charge is 0.508 e. The van der Waals surface area contributed by atoms with Gasteiger partial charge in [0.1, 0.15) is 5.75 Å². The first-order chi connectivity index (χ1) is 13.6. The number of carbonyl (C=O) groups is 1. The molecule has 0 saturated heterocycles. The van der Waals surface area contributed by atoms with Crippen molar-refractivity contribution >= 4 is 11.7 Å². The number of carbonyl (C=O) groups excluding carboxylic acids is 1. The number of hydrogen-bond acceptors (Lipinski definition) is 4. The Morgan fingerprint density at radius 1 is 1.21 bits per heavy atom. The third-order valence-corrected chi connectivity index (χ3v) is 6.26. The van der Waals surface area contributed by atoms with E-state index >= 15 is 0 Å². The maximum absolute atomic E-state index is 12.6. The van der Waals surface area contributed by atoms with E-state index in [9.17, 15) is 9.90 Å². The summed E-state index contributed by atoms with van der Waals surface area (Å²) in [6.07, 6.45) is 8.28. The van der Waals surface area contributed by atoms with Crippen LogP contribution < -0.4 is 5.32 Å². The number of rotatable bonds is 4. The summed E-state index contributed by atoms with van der Waals surface area (Å²) in [4.78, 5) is 22.6. The van der Waals surface area contributed by atoms with Gasteiger partial charge in [-0.05, 0) is 55.9 Å². The minimum atomic E-state index is -0.0410. The van der Waals surface area contributed by atoms with E-state index < -0.39 is 0 Å². The van der Waals surface area contributed by atoms with Gasteiger partial charge in [0, 0.05) is 17.4 Å². The average Bonchev–Trinajstić information content (AvgIpc) is 2.72. The summed E-state index contributed by atoms with van der Waals surface area (Å²) >= 11 is 0. The smallest absolute Gasteiger partial charge is 0.228 e. The van der Waals surface area contributed by atoms with Gasteiger partial charge in [-0.15, -0.1) is 0 Å². The maximum atomic E-state index is 12.6. The zero-order valence-corrected chi connectivity index (χ0v) is 16.8. The van der Waals surface area contributed by atoms with Gasteiger partial charge in [-0.1, -0.05) is 33.1 Å². The van der Waals surface area contributed by atoms with Crippen LogP contribution in [0, 0.1) is 5.92 Å². The fourth-order valence-corrected chi connectivity index (χ4v) is 4.32. The predicted octanol–water partition coefficient (Wildman–Crippen LogP) is 4.98. The fraction of sp³-hybridized carbons (Fsp3) is 0.522. The van der Waals surface area contributed by atoms with Crippen molar-refractivity contribution in [3.8, 4) is 17.0 Å². The van der Waals surface area contributed by atoms with Crippen LogP contribution in [0.2, 0.25) is 0 Å². The molecule has 28 heavy (non-hydrogen) atoms. The molecule has 1 atom stereocenters. The lowest BCUT2D eigenvalue weighted by Gasteiger charge is -2.26. The van der Waals surface area contributed by atoms with Crippen molar-refractivity contribution in [2.45, 2.75) is 71.1 Å². The van der Waals surface area contributed by atoms with E-state index in [1.807, 2.05) is 26.0 Å². The molecule has 148 valence electrons. The van der Waals surface area contributed by atoms with Crippen LogP contribution in [0.15, 0.2) is 18.2 Å². The first kappa shape index (κ1) is 18.9. The van der Waals surface area contributed by atoms with Crippen molar-refractivity contribution in [1.82, 2.24) is 9.97 Å². The molecule has 0 bridgehead atoms. The van der Waals surface area contributed by atoms with Crippen LogP contribution in [0.3, 0.4) is 0 Å². The summed E-state index contributed by atoms with van der Waals surface area (Å²) in [6, 6.07) is 5.49. The van der Waals surface area contributed by atoms with Crippen LogP contribution in [0.25, 0.3) is 11.3 Å². The number of fused-ring (bicyclic) bond motifs is 3. The number of hydrogen-bond donors (Lipinski definition) is 2. The molecule has 4 rings (SSSR count). The summed E-state index contributed by atoms with van der Waals surface area (Å²) in [5.74, 6) is 1.29. The first-order valence-electron chi connectivity index (χ1n) is 10.6. The van der Waals surface area contributed by atoms with Gasteiger partial charge in [-0.25, -0.2) is 9.97 Å². The second kappa shape index (κ2) is 7.90. The van der Waals surface area contributed by atoms with E-state index in [-0.39, 0.29) is 11.8 Å². The number of aromatic hydroxyl groups is 1. The molecule has 1 amide bonds. The van der Waals surface area contributed by atoms with E-state index in [1.165, 1.54) is 19.3 Å². The third kappa shape index (κ3) is 3.62. The molecule has 5 nitrogen and oxygen atoms in total. The summed E-state index contributed by atoms with van der Waals surface area (Å²) in [5, 5.41) is 12.9. The van der Waals surface area contributed by atoms with Crippen molar-refractivity contribution in [2.24, 2.45) is 5.92 Å². The van der Waals surface area contributed by atoms with E-state index in [0.717, 1.165) is 60.3 Å². The maximum Gasteiger partial charge on any atom is 0.228 e. The van der Waals surface area contributed by atoms with Gasteiger partial charge in [0.25, 0.3) is 0 Å². The van der Waals surface area contributed by atoms with Crippen LogP contribution in [0.1, 0.15) is 75.2 Å². The van der Waals surface area contributed by atoms with E-state index in [0.29, 0.717) is 17.5 Å². The Morgan fingerprint density at radius 3 is 2.75 bits per heavy atom. The van der Waals surface area contributed by atoms with Crippen LogP contribution in [-0.4, -0.2) is 21.0 Å². The van der Waals surface area contributed by atoms with E-state index in [2.05, 4.69) is 5.32 Å². The Hall–Kier alpha value is -2.43. The second-order valence-electron chi connectivity index (χ2n) is 8.23. The van der Waals surface area contributed by atoms with Gasteiger partial charge in [0.15, 0.2) is 5.82 Å². The molecule has 2 N–H and O–H groups in total. The number of aryl methyl sites for hydroxylation is 2. The van der Waals surface area contributed by atoms with Crippen LogP contribution in [0.4, 0.5) is 5.82 Å². The lowest BCUT2D eigenvalue weighted by Crippen LogP contribution is -2.24. The number of phenols is 1. The number of phenolic OH excluding ortho intramolecular Hbond substituents is 1. The predicted molar refractivity (Wildman–Crippen MR) is 110 cm³/mol. The molecule has 2 aliphatic carbocycles. The molecule has 5 heteroatoms. The molecule has 1 unspecified atom stereocenters. The monoisotopic (exact) mass is 379 g/mol. The zero-order valence-electron chi connectivity index (χ0n) is 16.8. The molecule has 1 heterocycles. The molecule has 0 spiro atoms. The number of benzene rings is 1. The lowest BCUT2D eigenvalue weighted by atomic mass is 9.85. The number of aromatic nitrogens is 2. The van der Waals surface area contributed by atoms with Crippen molar-refractivity contribution in [1.29, 1.82) is 0 Å². The molecular weight excluding hydrogens is 350 g/mol. The molecule has 1 saturated carbocycles. The summed E-state index contributed by atoms with van der Waals surface area (Å²) in [5.41, 5.74) is 4.98. The van der Waals surface area contributed by atoms with Crippen LogP contribution >= 0.6 is 0 Å². The lowest BCUT2D eigenvalue weighted by molar-refractivity contribution is -0.119. The number of anilines is 1. The summed E-state index contributed by atoms with van der Waals surface area (Å²) < 4.78 is 0. The van der Waals surface area contributed by atoms with E-state index in [4.69, 9.17) is 9.97 Å². The molecule has 1 fully saturated rings. The summed E-state index contributed by atoms with van der Waals surface area (Å²) in [7, 11) is 0. The van der Waals surface area contributed by atoms with Gasteiger partial charge < -0.3 is 10.4 Å². The summed E-state index contributed by atoms with van der Waals surface area (Å²) in [6.45, 7) is 3.97. The highest BCUT2D eigenvalue weighted by atomic mass is 16.3. The normalized spacial score (nSPS) is 17.5. The average molecular weight is 380 g/mol. The highest BCUT2D eigenvalue weighted by Crippen LogP contribution is 2.39. The van der Waals surface area contributed by atoms with Crippen LogP contribution in [0.5, 0.6) is 5.75 Å². The Bertz CT molecular complexity index is 888. The molecule has 1 aromatic heterocycles. The Labute approximate surface area is 166 Å². The molecule has 2 aliphatic rings.